The zero-order valence-corrected chi connectivity index (χ0v) is 13.0. The molecule has 1 aromatic heterocycles. The molecule has 2 rings (SSSR count). The van der Waals surface area contributed by atoms with Crippen LogP contribution in [0.1, 0.15) is 5.56 Å². The Hall–Kier alpha value is -2.35. The van der Waals surface area contributed by atoms with E-state index in [4.69, 9.17) is 5.73 Å². The number of nitrogens with zero attached hydrogens (tertiary/aromatic N) is 3. The van der Waals surface area contributed by atoms with Crippen LogP contribution in [0.2, 0.25) is 0 Å². The fraction of sp³-hybridized carbons (Fsp3) is 0.154. The second-order valence-electron chi connectivity index (χ2n) is 4.38. The molecule has 1 aromatic carbocycles. The molecule has 3 N–H and O–H groups in total. The van der Waals surface area contributed by atoms with E-state index in [2.05, 4.69) is 20.9 Å². The second kappa shape index (κ2) is 5.57. The number of phenols is 1. The zero-order valence-electron chi connectivity index (χ0n) is 11.4. The molecule has 0 unspecified atom stereocenters. The van der Waals surface area contributed by atoms with Crippen molar-refractivity contribution in [3.05, 3.63) is 49.1 Å². The van der Waals surface area contributed by atoms with Gasteiger partial charge in [-0.15, -0.1) is 0 Å². The van der Waals surface area contributed by atoms with E-state index in [1.807, 2.05) is 0 Å². The maximum atomic E-state index is 12.0. The molecule has 0 radical (unpaired) electrons. The fourth-order valence-electron chi connectivity index (χ4n) is 1.73. The third-order valence-corrected chi connectivity index (χ3v) is 3.68. The van der Waals surface area contributed by atoms with Crippen LogP contribution in [-0.4, -0.2) is 20.5 Å². The minimum Gasteiger partial charge on any atom is -0.506 e. The molecule has 0 aliphatic rings. The zero-order chi connectivity index (χ0) is 15.7. The van der Waals surface area contributed by atoms with E-state index in [1.165, 1.54) is 20.3 Å². The summed E-state index contributed by atoms with van der Waals surface area (Å²) in [6.45, 7) is 0. The van der Waals surface area contributed by atoms with Crippen LogP contribution in [0.25, 0.3) is 0 Å². The molecule has 0 aliphatic heterocycles. The van der Waals surface area contributed by atoms with Crippen LogP contribution < -0.4 is 17.0 Å². The Kier molecular flexibility index (Phi) is 3.99. The van der Waals surface area contributed by atoms with E-state index in [9.17, 15) is 14.7 Å². The first-order valence-electron chi connectivity index (χ1n) is 5.91. The second-order valence-corrected chi connectivity index (χ2v) is 5.23. The number of anilines is 1. The van der Waals surface area contributed by atoms with E-state index in [-0.39, 0.29) is 17.3 Å². The van der Waals surface area contributed by atoms with Crippen molar-refractivity contribution in [3.8, 4) is 5.75 Å². The molecule has 1 heterocycles. The third kappa shape index (κ3) is 2.62. The number of halogens is 1. The van der Waals surface area contributed by atoms with E-state index >= 15 is 0 Å². The predicted octanol–water partition coefficient (Wildman–Crippen LogP) is 0.885. The summed E-state index contributed by atoms with van der Waals surface area (Å²) in [5.74, 6) is -0.0321. The molecule has 0 saturated heterocycles. The average Bonchev–Trinajstić information content (AvgIpc) is 2.47. The van der Waals surface area contributed by atoms with Crippen molar-refractivity contribution in [1.82, 2.24) is 9.13 Å². The van der Waals surface area contributed by atoms with Gasteiger partial charge in [-0.25, -0.2) is 9.79 Å². The quantitative estimate of drug-likeness (QED) is 0.783. The predicted molar refractivity (Wildman–Crippen MR) is 84.4 cm³/mol. The summed E-state index contributed by atoms with van der Waals surface area (Å²) in [6.07, 6.45) is 1.32. The molecule has 0 amide bonds. The Morgan fingerprint density at radius 2 is 1.95 bits per heavy atom. The lowest BCUT2D eigenvalue weighted by molar-refractivity contribution is 0.471. The summed E-state index contributed by atoms with van der Waals surface area (Å²) in [4.78, 5) is 27.7. The van der Waals surface area contributed by atoms with E-state index in [1.54, 1.807) is 18.2 Å². The number of hydrogen-bond donors (Lipinski definition) is 2. The highest BCUT2D eigenvalue weighted by Crippen LogP contribution is 2.26. The van der Waals surface area contributed by atoms with Crippen LogP contribution in [0.5, 0.6) is 5.75 Å². The summed E-state index contributed by atoms with van der Waals surface area (Å²) in [5.41, 5.74) is 4.99. The van der Waals surface area contributed by atoms with Crippen LogP contribution in [0.3, 0.4) is 0 Å². The number of rotatable bonds is 2. The molecule has 0 aliphatic carbocycles. The molecular weight excluding hydrogens is 340 g/mol. The van der Waals surface area contributed by atoms with Crippen molar-refractivity contribution >= 4 is 33.6 Å². The van der Waals surface area contributed by atoms with Gasteiger partial charge in [0.25, 0.3) is 5.56 Å². The average molecular weight is 353 g/mol. The molecule has 2 aromatic rings. The Morgan fingerprint density at radius 1 is 1.29 bits per heavy atom. The molecule has 110 valence electrons. The number of aliphatic imine (C=N–C) groups is 1. The topological polar surface area (TPSA) is 103 Å². The van der Waals surface area contributed by atoms with Crippen LogP contribution in [0, 0.1) is 0 Å². The standard InChI is InChI=1S/C13H13BrN4O3/c1-17-11(15)9(12(20)18(2)13(17)21)16-6-7-4-3-5-8(14)10(7)19/h3-6,19H,15H2,1-2H3/b16-6+. The Labute approximate surface area is 128 Å². The molecular formula is C13H13BrN4O3. The minimum atomic E-state index is -0.596. The van der Waals surface area contributed by atoms with Crippen molar-refractivity contribution in [1.29, 1.82) is 0 Å². The molecule has 7 nitrogen and oxygen atoms in total. The van der Waals surface area contributed by atoms with Gasteiger partial charge in [0.2, 0.25) is 0 Å². The van der Waals surface area contributed by atoms with Gasteiger partial charge in [-0.1, -0.05) is 6.07 Å². The van der Waals surface area contributed by atoms with Gasteiger partial charge in [0.15, 0.2) is 5.69 Å². The van der Waals surface area contributed by atoms with Crippen molar-refractivity contribution in [3.63, 3.8) is 0 Å². The lowest BCUT2D eigenvalue weighted by Crippen LogP contribution is -2.37. The molecule has 8 heteroatoms. The highest BCUT2D eigenvalue weighted by atomic mass is 79.9. The number of hydrogen-bond acceptors (Lipinski definition) is 5. The lowest BCUT2D eigenvalue weighted by Gasteiger charge is -2.08. The molecule has 21 heavy (non-hydrogen) atoms. The Morgan fingerprint density at radius 3 is 2.62 bits per heavy atom. The van der Waals surface area contributed by atoms with Crippen LogP contribution >= 0.6 is 15.9 Å². The SMILES string of the molecule is Cn1c(N)c(/N=C/c2cccc(Br)c2O)c(=O)n(C)c1=O. The van der Waals surface area contributed by atoms with Crippen LogP contribution in [0.4, 0.5) is 11.5 Å². The van der Waals surface area contributed by atoms with Crippen molar-refractivity contribution in [2.45, 2.75) is 0 Å². The summed E-state index contributed by atoms with van der Waals surface area (Å²) >= 11 is 3.19. The first-order chi connectivity index (χ1) is 9.84. The lowest BCUT2D eigenvalue weighted by atomic mass is 10.2. The van der Waals surface area contributed by atoms with Gasteiger partial charge in [0, 0.05) is 25.9 Å². The molecule has 0 saturated carbocycles. The Balaban J connectivity index is 2.60. The third-order valence-electron chi connectivity index (χ3n) is 3.04. The monoisotopic (exact) mass is 352 g/mol. The van der Waals surface area contributed by atoms with Gasteiger partial charge in [-0.2, -0.15) is 0 Å². The number of aromatic nitrogens is 2. The van der Waals surface area contributed by atoms with Gasteiger partial charge in [-0.3, -0.25) is 13.9 Å². The maximum absolute atomic E-state index is 12.0. The summed E-state index contributed by atoms with van der Waals surface area (Å²) in [5, 5.41) is 9.86. The largest absolute Gasteiger partial charge is 0.506 e. The number of nitrogen functional groups attached to an aromatic ring is 1. The minimum absolute atomic E-state index is 0.00136. The van der Waals surface area contributed by atoms with Crippen molar-refractivity contribution in [2.24, 2.45) is 19.1 Å². The van der Waals surface area contributed by atoms with Gasteiger partial charge < -0.3 is 10.8 Å². The summed E-state index contributed by atoms with van der Waals surface area (Å²) in [6, 6.07) is 5.02. The summed E-state index contributed by atoms with van der Waals surface area (Å²) < 4.78 is 2.56. The van der Waals surface area contributed by atoms with E-state index in [0.29, 0.717) is 10.0 Å². The van der Waals surface area contributed by atoms with E-state index < -0.39 is 11.2 Å². The number of para-hydroxylation sites is 1. The fourth-order valence-corrected chi connectivity index (χ4v) is 2.12. The molecule has 0 atom stereocenters. The summed E-state index contributed by atoms with van der Waals surface area (Å²) in [7, 11) is 2.80. The molecule has 0 fully saturated rings. The van der Waals surface area contributed by atoms with Crippen LogP contribution in [0.15, 0.2) is 37.3 Å². The maximum Gasteiger partial charge on any atom is 0.332 e. The molecule has 0 spiro atoms. The number of benzene rings is 1. The highest BCUT2D eigenvalue weighted by Gasteiger charge is 2.12. The Bertz CT molecular complexity index is 852. The number of aromatic hydroxyl groups is 1. The number of nitrogens with two attached hydrogens (primary N) is 1. The highest BCUT2D eigenvalue weighted by molar-refractivity contribution is 9.10. The van der Waals surface area contributed by atoms with E-state index in [0.717, 1.165) is 9.13 Å². The van der Waals surface area contributed by atoms with Gasteiger partial charge >= 0.3 is 5.69 Å². The number of phenolic OH excluding ortho intramolecular Hbond substituents is 1. The van der Waals surface area contributed by atoms with Crippen LogP contribution in [-0.2, 0) is 14.1 Å². The van der Waals surface area contributed by atoms with Gasteiger partial charge in [-0.05, 0) is 28.1 Å². The van der Waals surface area contributed by atoms with Gasteiger partial charge in [0.1, 0.15) is 11.6 Å². The van der Waals surface area contributed by atoms with Crippen molar-refractivity contribution < 1.29 is 5.11 Å². The first-order valence-corrected chi connectivity index (χ1v) is 6.71. The molecule has 0 bridgehead atoms. The van der Waals surface area contributed by atoms with Gasteiger partial charge in [0.05, 0.1) is 4.47 Å². The first kappa shape index (κ1) is 15.0. The van der Waals surface area contributed by atoms with Crippen molar-refractivity contribution in [2.75, 3.05) is 5.73 Å². The normalized spacial score (nSPS) is 11.2. The smallest absolute Gasteiger partial charge is 0.332 e.